The molecule has 0 N–H and O–H groups in total. The first-order chi connectivity index (χ1) is 13.2. The zero-order valence-electron chi connectivity index (χ0n) is 16.4. The second-order valence-corrected chi connectivity index (χ2v) is 10.9. The highest BCUT2D eigenvalue weighted by atomic mass is 32.2. The maximum Gasteiger partial charge on any atom is 0.282 e. The van der Waals surface area contributed by atoms with Crippen LogP contribution in [0.25, 0.3) is 0 Å². The van der Waals surface area contributed by atoms with Gasteiger partial charge in [0.2, 0.25) is 0 Å². The molecule has 2 aromatic rings. The third-order valence-corrected chi connectivity index (χ3v) is 7.68. The van der Waals surface area contributed by atoms with E-state index >= 15 is 0 Å². The SMILES string of the molecule is CC(C)(C)S(=O)N1CC(F)(F)C12CN(C(c1ccccc1)c1ccccc1)C2. The number of hydrogen-bond donors (Lipinski definition) is 0. The van der Waals surface area contributed by atoms with Gasteiger partial charge >= 0.3 is 0 Å². The Kier molecular flexibility index (Phi) is 4.72. The molecule has 2 saturated heterocycles. The van der Waals surface area contributed by atoms with Crippen LogP contribution < -0.4 is 0 Å². The lowest BCUT2D eigenvalue weighted by atomic mass is 9.74. The molecule has 4 rings (SSSR count). The first-order valence-electron chi connectivity index (χ1n) is 9.57. The Bertz CT molecular complexity index is 822. The van der Waals surface area contributed by atoms with E-state index < -0.39 is 33.7 Å². The van der Waals surface area contributed by atoms with Gasteiger partial charge in [-0.15, -0.1) is 0 Å². The zero-order valence-corrected chi connectivity index (χ0v) is 17.3. The summed E-state index contributed by atoms with van der Waals surface area (Å²) in [6.45, 7) is 5.49. The third kappa shape index (κ3) is 3.02. The Morgan fingerprint density at radius 3 is 1.75 bits per heavy atom. The summed E-state index contributed by atoms with van der Waals surface area (Å²) in [5, 5.41) is 0. The van der Waals surface area contributed by atoms with E-state index in [-0.39, 0.29) is 19.1 Å². The van der Waals surface area contributed by atoms with Gasteiger partial charge in [0, 0.05) is 13.1 Å². The van der Waals surface area contributed by atoms with Gasteiger partial charge in [-0.3, -0.25) is 4.90 Å². The van der Waals surface area contributed by atoms with Crippen LogP contribution in [0.2, 0.25) is 0 Å². The molecule has 1 unspecified atom stereocenters. The van der Waals surface area contributed by atoms with Crippen LogP contribution >= 0.6 is 0 Å². The number of rotatable bonds is 4. The van der Waals surface area contributed by atoms with Crippen LogP contribution in [0.1, 0.15) is 37.9 Å². The largest absolute Gasteiger partial charge is 0.288 e. The van der Waals surface area contributed by atoms with Gasteiger partial charge in [-0.25, -0.2) is 17.3 Å². The van der Waals surface area contributed by atoms with Crippen molar-refractivity contribution in [3.05, 3.63) is 71.8 Å². The summed E-state index contributed by atoms with van der Waals surface area (Å²) in [7, 11) is -1.45. The molecule has 150 valence electrons. The number of alkyl halides is 2. The molecule has 6 heteroatoms. The summed E-state index contributed by atoms with van der Waals surface area (Å²) in [4.78, 5) is 2.07. The molecular weight excluding hydrogens is 378 g/mol. The van der Waals surface area contributed by atoms with Crippen molar-refractivity contribution >= 4 is 11.0 Å². The lowest BCUT2D eigenvalue weighted by Gasteiger charge is -2.66. The van der Waals surface area contributed by atoms with Crippen molar-refractivity contribution in [2.75, 3.05) is 19.6 Å². The van der Waals surface area contributed by atoms with Crippen LogP contribution in [0.5, 0.6) is 0 Å². The van der Waals surface area contributed by atoms with E-state index in [4.69, 9.17) is 0 Å². The fourth-order valence-electron chi connectivity index (χ4n) is 4.20. The molecule has 2 aliphatic rings. The van der Waals surface area contributed by atoms with E-state index in [1.54, 1.807) is 0 Å². The van der Waals surface area contributed by atoms with Crippen LogP contribution in [0.3, 0.4) is 0 Å². The van der Waals surface area contributed by atoms with Gasteiger partial charge in [-0.05, 0) is 31.9 Å². The van der Waals surface area contributed by atoms with E-state index in [0.29, 0.717) is 0 Å². The average molecular weight is 405 g/mol. The van der Waals surface area contributed by atoms with Crippen molar-refractivity contribution in [1.82, 2.24) is 9.21 Å². The Hall–Kier alpha value is -1.63. The van der Waals surface area contributed by atoms with E-state index in [2.05, 4.69) is 4.90 Å². The summed E-state index contributed by atoms with van der Waals surface area (Å²) in [6, 6.07) is 19.8. The summed E-state index contributed by atoms with van der Waals surface area (Å²) >= 11 is 0. The minimum absolute atomic E-state index is 0.0886. The highest BCUT2D eigenvalue weighted by molar-refractivity contribution is 7.84. The smallest absolute Gasteiger partial charge is 0.282 e. The molecule has 28 heavy (non-hydrogen) atoms. The molecule has 3 nitrogen and oxygen atoms in total. The van der Waals surface area contributed by atoms with Crippen LogP contribution in [0.15, 0.2) is 60.7 Å². The third-order valence-electron chi connectivity index (χ3n) is 5.75. The van der Waals surface area contributed by atoms with E-state index in [1.165, 1.54) is 4.31 Å². The second kappa shape index (κ2) is 6.71. The molecule has 0 aromatic heterocycles. The molecule has 0 radical (unpaired) electrons. The minimum atomic E-state index is -2.82. The van der Waals surface area contributed by atoms with Crippen LogP contribution in [-0.4, -0.2) is 49.3 Å². The van der Waals surface area contributed by atoms with Gasteiger partial charge < -0.3 is 0 Å². The lowest BCUT2D eigenvalue weighted by molar-refractivity contribution is -0.263. The molecular formula is C22H26F2N2OS. The number of hydrogen-bond acceptors (Lipinski definition) is 2. The monoisotopic (exact) mass is 404 g/mol. The standard InChI is InChI=1S/C22H26F2N2OS/c1-20(2,3)28(27)26-16-22(23,24)21(26)14-25(15-21)19(17-10-6-4-7-11-17)18-12-8-5-9-13-18/h4-13,19H,14-16H2,1-3H3. The number of likely N-dealkylation sites (tertiary alicyclic amines) is 1. The number of halogens is 2. The van der Waals surface area contributed by atoms with Crippen molar-refractivity contribution in [1.29, 1.82) is 0 Å². The fourth-order valence-corrected chi connectivity index (χ4v) is 5.71. The van der Waals surface area contributed by atoms with Crippen LogP contribution in [0.4, 0.5) is 8.78 Å². The molecule has 2 heterocycles. The maximum atomic E-state index is 14.7. The molecule has 2 aliphatic heterocycles. The highest BCUT2D eigenvalue weighted by Crippen LogP contribution is 2.54. The average Bonchev–Trinajstić information content (AvgIpc) is 2.62. The molecule has 1 atom stereocenters. The lowest BCUT2D eigenvalue weighted by Crippen LogP contribution is -2.88. The van der Waals surface area contributed by atoms with Gasteiger partial charge in [0.1, 0.15) is 16.5 Å². The maximum absolute atomic E-state index is 14.7. The van der Waals surface area contributed by atoms with Gasteiger partial charge in [0.25, 0.3) is 5.92 Å². The molecule has 0 amide bonds. The molecule has 2 fully saturated rings. The predicted octanol–water partition coefficient (Wildman–Crippen LogP) is 4.24. The number of benzene rings is 2. The van der Waals surface area contributed by atoms with Gasteiger partial charge in [-0.1, -0.05) is 60.7 Å². The fraction of sp³-hybridized carbons (Fsp3) is 0.455. The van der Waals surface area contributed by atoms with E-state index in [9.17, 15) is 13.0 Å². The second-order valence-electron chi connectivity index (χ2n) is 8.76. The summed E-state index contributed by atoms with van der Waals surface area (Å²) in [5.41, 5.74) is 0.830. The van der Waals surface area contributed by atoms with Gasteiger partial charge in [-0.2, -0.15) is 0 Å². The Labute approximate surface area is 167 Å². The highest BCUT2D eigenvalue weighted by Gasteiger charge is 2.74. The predicted molar refractivity (Wildman–Crippen MR) is 109 cm³/mol. The molecule has 2 aromatic carbocycles. The first-order valence-corrected chi connectivity index (χ1v) is 10.7. The van der Waals surface area contributed by atoms with Crippen molar-refractivity contribution in [2.24, 2.45) is 0 Å². The van der Waals surface area contributed by atoms with E-state index in [0.717, 1.165) is 11.1 Å². The Morgan fingerprint density at radius 2 is 1.36 bits per heavy atom. The van der Waals surface area contributed by atoms with Crippen LogP contribution in [-0.2, 0) is 11.0 Å². The topological polar surface area (TPSA) is 23.6 Å². The zero-order chi connectivity index (χ0) is 20.2. The summed E-state index contributed by atoms with van der Waals surface area (Å²) in [5.74, 6) is -2.82. The molecule has 0 aliphatic carbocycles. The van der Waals surface area contributed by atoms with E-state index in [1.807, 2.05) is 81.4 Å². The van der Waals surface area contributed by atoms with Crippen molar-refractivity contribution in [3.8, 4) is 0 Å². The van der Waals surface area contributed by atoms with Crippen molar-refractivity contribution in [2.45, 2.75) is 43.0 Å². The summed E-state index contributed by atoms with van der Waals surface area (Å²) in [6.07, 6.45) is 0. The van der Waals surface area contributed by atoms with Crippen molar-refractivity contribution < 1.29 is 13.0 Å². The molecule has 0 saturated carbocycles. The minimum Gasteiger partial charge on any atom is -0.288 e. The van der Waals surface area contributed by atoms with Gasteiger partial charge in [0.05, 0.1) is 17.3 Å². The van der Waals surface area contributed by atoms with Crippen molar-refractivity contribution in [3.63, 3.8) is 0 Å². The molecule has 0 bridgehead atoms. The Morgan fingerprint density at radius 1 is 0.893 bits per heavy atom. The van der Waals surface area contributed by atoms with Crippen LogP contribution in [0, 0.1) is 0 Å². The number of nitrogens with zero attached hydrogens (tertiary/aromatic N) is 2. The first kappa shape index (κ1) is 19.7. The summed E-state index contributed by atoms with van der Waals surface area (Å²) < 4.78 is 43.2. The molecule has 1 spiro atoms. The Balaban J connectivity index is 1.63. The van der Waals surface area contributed by atoms with Gasteiger partial charge in [0.15, 0.2) is 0 Å². The normalized spacial score (nSPS) is 22.6. The quantitative estimate of drug-likeness (QED) is 0.761.